The van der Waals surface area contributed by atoms with Crippen molar-refractivity contribution < 1.29 is 14.3 Å². The molecule has 0 fully saturated rings. The lowest BCUT2D eigenvalue weighted by atomic mass is 10.1. The number of hydrogen-bond donors (Lipinski definition) is 2. The molecule has 0 bridgehead atoms. The number of rotatable bonds is 5. The SMILES string of the molecule is Cc1cc([C@H](C)Nc2ccc(F)cc2C(=O)O)c2nc(N3Cc4ccccc4C3)c(C)c(=O)n2c1. The van der Waals surface area contributed by atoms with Crippen LogP contribution in [0.2, 0.25) is 0 Å². The maximum Gasteiger partial charge on any atom is 0.337 e. The molecule has 0 amide bonds. The average Bonchev–Trinajstić information content (AvgIpc) is 3.26. The number of benzene rings is 2. The van der Waals surface area contributed by atoms with Crippen molar-refractivity contribution in [2.24, 2.45) is 0 Å². The van der Waals surface area contributed by atoms with Gasteiger partial charge in [-0.3, -0.25) is 9.20 Å². The van der Waals surface area contributed by atoms with E-state index in [0.717, 1.165) is 17.2 Å². The zero-order valence-electron chi connectivity index (χ0n) is 19.7. The molecule has 1 aliphatic heterocycles. The van der Waals surface area contributed by atoms with Crippen LogP contribution in [0.3, 0.4) is 0 Å². The van der Waals surface area contributed by atoms with Crippen LogP contribution in [0.1, 0.15) is 51.1 Å². The lowest BCUT2D eigenvalue weighted by Crippen LogP contribution is -2.27. The lowest BCUT2D eigenvalue weighted by Gasteiger charge is -2.23. The van der Waals surface area contributed by atoms with Gasteiger partial charge in [0.25, 0.3) is 5.56 Å². The highest BCUT2D eigenvalue weighted by atomic mass is 19.1. The average molecular weight is 473 g/mol. The van der Waals surface area contributed by atoms with Crippen LogP contribution in [0.15, 0.2) is 59.5 Å². The zero-order valence-corrected chi connectivity index (χ0v) is 19.7. The number of nitrogens with zero attached hydrogens (tertiary/aromatic N) is 3. The van der Waals surface area contributed by atoms with Gasteiger partial charge in [0.2, 0.25) is 0 Å². The molecule has 0 spiro atoms. The fourth-order valence-electron chi connectivity index (χ4n) is 4.72. The minimum atomic E-state index is -1.23. The topological polar surface area (TPSA) is 86.9 Å². The summed E-state index contributed by atoms with van der Waals surface area (Å²) in [6, 6.07) is 13.3. The van der Waals surface area contributed by atoms with E-state index >= 15 is 0 Å². The highest BCUT2D eigenvalue weighted by Gasteiger charge is 2.25. The number of aromatic nitrogens is 2. The maximum atomic E-state index is 13.7. The second-order valence-corrected chi connectivity index (χ2v) is 9.02. The Labute approximate surface area is 201 Å². The Morgan fingerprint density at radius 1 is 1.11 bits per heavy atom. The van der Waals surface area contributed by atoms with Crippen LogP contribution in [0.5, 0.6) is 0 Å². The number of aryl methyl sites for hydroxylation is 1. The van der Waals surface area contributed by atoms with Crippen LogP contribution < -0.4 is 15.8 Å². The van der Waals surface area contributed by atoms with E-state index in [9.17, 15) is 19.1 Å². The standard InChI is InChI=1S/C27H25FN4O3/c1-15-10-21(17(3)29-23-9-8-20(28)11-22(23)27(34)35)25-30-24(16(2)26(33)32(25)12-15)31-13-18-6-4-5-7-19(18)14-31/h4-12,17,29H,13-14H2,1-3H3,(H,34,35)/t17-/m0/s1. The highest BCUT2D eigenvalue weighted by molar-refractivity contribution is 5.94. The molecule has 2 aromatic carbocycles. The van der Waals surface area contributed by atoms with Crippen molar-refractivity contribution in [1.82, 2.24) is 9.38 Å². The third-order valence-electron chi connectivity index (χ3n) is 6.48. The van der Waals surface area contributed by atoms with Gasteiger partial charge in [-0.15, -0.1) is 0 Å². The van der Waals surface area contributed by atoms with Gasteiger partial charge < -0.3 is 15.3 Å². The first-order chi connectivity index (χ1) is 16.7. The smallest absolute Gasteiger partial charge is 0.337 e. The second-order valence-electron chi connectivity index (χ2n) is 9.02. The number of anilines is 2. The Bertz CT molecular complexity index is 1520. The molecule has 5 rings (SSSR count). The van der Waals surface area contributed by atoms with Gasteiger partial charge in [-0.1, -0.05) is 24.3 Å². The lowest BCUT2D eigenvalue weighted by molar-refractivity contribution is 0.0697. The summed E-state index contributed by atoms with van der Waals surface area (Å²) in [5.41, 5.74) is 5.07. The van der Waals surface area contributed by atoms with Gasteiger partial charge in [-0.05, 0) is 61.7 Å². The second kappa shape index (κ2) is 8.54. The predicted octanol–water partition coefficient (Wildman–Crippen LogP) is 4.84. The Balaban J connectivity index is 1.60. The quantitative estimate of drug-likeness (QED) is 0.432. The summed E-state index contributed by atoms with van der Waals surface area (Å²) in [6.45, 7) is 6.89. The largest absolute Gasteiger partial charge is 0.478 e. The molecule has 0 unspecified atom stereocenters. The minimum Gasteiger partial charge on any atom is -0.478 e. The summed E-state index contributed by atoms with van der Waals surface area (Å²) in [6.07, 6.45) is 1.76. The molecule has 4 aromatic rings. The number of carbonyl (C=O) groups is 1. The molecule has 3 heterocycles. The molecule has 8 heteroatoms. The summed E-state index contributed by atoms with van der Waals surface area (Å²) >= 11 is 0. The summed E-state index contributed by atoms with van der Waals surface area (Å²) in [4.78, 5) is 32.1. The van der Waals surface area contributed by atoms with Crippen molar-refractivity contribution in [2.45, 2.75) is 39.9 Å². The van der Waals surface area contributed by atoms with Crippen LogP contribution >= 0.6 is 0 Å². The Morgan fingerprint density at radius 3 is 2.46 bits per heavy atom. The molecule has 1 atom stereocenters. The molecule has 35 heavy (non-hydrogen) atoms. The summed E-state index contributed by atoms with van der Waals surface area (Å²) in [5, 5.41) is 12.7. The molecule has 178 valence electrons. The Kier molecular flexibility index (Phi) is 5.51. The molecule has 0 radical (unpaired) electrons. The van der Waals surface area contributed by atoms with Crippen LogP contribution in [0.25, 0.3) is 5.65 Å². The summed E-state index contributed by atoms with van der Waals surface area (Å²) in [7, 11) is 0. The number of carboxylic acids is 1. The molecule has 1 aliphatic rings. The van der Waals surface area contributed by atoms with E-state index in [-0.39, 0.29) is 16.8 Å². The molecule has 0 saturated carbocycles. The molecule has 2 aromatic heterocycles. The first-order valence-electron chi connectivity index (χ1n) is 11.4. The minimum absolute atomic E-state index is 0.147. The van der Waals surface area contributed by atoms with Crippen molar-refractivity contribution in [2.75, 3.05) is 10.2 Å². The number of aromatic carboxylic acids is 1. The van der Waals surface area contributed by atoms with Gasteiger partial charge in [-0.2, -0.15) is 0 Å². The first kappa shape index (κ1) is 22.6. The molecule has 0 aliphatic carbocycles. The van der Waals surface area contributed by atoms with Gasteiger partial charge in [0, 0.05) is 30.5 Å². The molecular formula is C27H25FN4O3. The van der Waals surface area contributed by atoms with E-state index in [1.807, 2.05) is 32.0 Å². The first-order valence-corrected chi connectivity index (χ1v) is 11.4. The van der Waals surface area contributed by atoms with E-state index in [2.05, 4.69) is 22.3 Å². The summed E-state index contributed by atoms with van der Waals surface area (Å²) in [5.74, 6) is -1.22. The molecule has 7 nitrogen and oxygen atoms in total. The van der Waals surface area contributed by atoms with Crippen LogP contribution in [-0.2, 0) is 13.1 Å². The number of fused-ring (bicyclic) bond motifs is 2. The third-order valence-corrected chi connectivity index (χ3v) is 6.48. The van der Waals surface area contributed by atoms with E-state index < -0.39 is 17.8 Å². The number of hydrogen-bond acceptors (Lipinski definition) is 5. The van der Waals surface area contributed by atoms with Gasteiger partial charge in [-0.25, -0.2) is 14.2 Å². The number of halogens is 1. The number of carboxylic acid groups (broad SMARTS) is 1. The van der Waals surface area contributed by atoms with Crippen LogP contribution in [0.4, 0.5) is 15.9 Å². The van der Waals surface area contributed by atoms with Crippen LogP contribution in [0, 0.1) is 19.7 Å². The number of pyridine rings is 1. The van der Waals surface area contributed by atoms with E-state index in [1.165, 1.54) is 23.3 Å². The Morgan fingerprint density at radius 2 is 1.80 bits per heavy atom. The van der Waals surface area contributed by atoms with Gasteiger partial charge in [0.15, 0.2) is 0 Å². The van der Waals surface area contributed by atoms with Crippen molar-refractivity contribution in [3.05, 3.63) is 104 Å². The van der Waals surface area contributed by atoms with E-state index in [4.69, 9.17) is 4.98 Å². The van der Waals surface area contributed by atoms with Crippen molar-refractivity contribution in [3.8, 4) is 0 Å². The zero-order chi connectivity index (χ0) is 24.9. The highest BCUT2D eigenvalue weighted by Crippen LogP contribution is 2.31. The van der Waals surface area contributed by atoms with E-state index in [1.54, 1.807) is 17.5 Å². The predicted molar refractivity (Wildman–Crippen MR) is 133 cm³/mol. The number of nitrogens with one attached hydrogen (secondary N) is 1. The Hall–Kier alpha value is -4.20. The van der Waals surface area contributed by atoms with Gasteiger partial charge >= 0.3 is 5.97 Å². The molecule has 0 saturated heterocycles. The van der Waals surface area contributed by atoms with Crippen molar-refractivity contribution >= 4 is 23.1 Å². The fraction of sp³-hybridized carbons (Fsp3) is 0.222. The van der Waals surface area contributed by atoms with E-state index in [0.29, 0.717) is 30.1 Å². The monoisotopic (exact) mass is 472 g/mol. The van der Waals surface area contributed by atoms with Crippen molar-refractivity contribution in [1.29, 1.82) is 0 Å². The fourth-order valence-corrected chi connectivity index (χ4v) is 4.72. The van der Waals surface area contributed by atoms with Crippen molar-refractivity contribution in [3.63, 3.8) is 0 Å². The third kappa shape index (κ3) is 4.01. The molecular weight excluding hydrogens is 447 g/mol. The normalized spacial score (nSPS) is 13.7. The maximum absolute atomic E-state index is 13.7. The summed E-state index contributed by atoms with van der Waals surface area (Å²) < 4.78 is 15.2. The van der Waals surface area contributed by atoms with Gasteiger partial charge in [0.05, 0.1) is 17.2 Å². The van der Waals surface area contributed by atoms with Gasteiger partial charge in [0.1, 0.15) is 17.3 Å². The molecule has 2 N–H and O–H groups in total. The van der Waals surface area contributed by atoms with Crippen LogP contribution in [-0.4, -0.2) is 20.5 Å².